The van der Waals surface area contributed by atoms with Gasteiger partial charge in [0.05, 0.1) is 19.1 Å². The van der Waals surface area contributed by atoms with Crippen LogP contribution >= 0.6 is 0 Å². The number of carbonyl (C=O) groups excluding carboxylic acids is 1. The molecule has 0 spiro atoms. The van der Waals surface area contributed by atoms with Gasteiger partial charge in [0, 0.05) is 19.5 Å². The van der Waals surface area contributed by atoms with E-state index in [-0.39, 0.29) is 24.6 Å². The summed E-state index contributed by atoms with van der Waals surface area (Å²) in [7, 11) is -2.12. The van der Waals surface area contributed by atoms with Crippen LogP contribution in [0.2, 0.25) is 0 Å². The van der Waals surface area contributed by atoms with Crippen LogP contribution in [-0.2, 0) is 21.2 Å². The van der Waals surface area contributed by atoms with E-state index in [1.54, 1.807) is 13.2 Å². The van der Waals surface area contributed by atoms with E-state index in [2.05, 4.69) is 5.32 Å². The van der Waals surface area contributed by atoms with Crippen molar-refractivity contribution in [1.82, 2.24) is 5.32 Å². The molecular weight excluding hydrogens is 371 g/mol. The zero-order chi connectivity index (χ0) is 19.9. The lowest BCUT2D eigenvalue weighted by atomic mass is 10.1. The minimum Gasteiger partial charge on any atom is -0.497 e. The highest BCUT2D eigenvalue weighted by molar-refractivity contribution is 7.92. The largest absolute Gasteiger partial charge is 0.497 e. The van der Waals surface area contributed by atoms with Crippen molar-refractivity contribution in [2.75, 3.05) is 30.8 Å². The van der Waals surface area contributed by atoms with Gasteiger partial charge in [-0.05, 0) is 36.2 Å². The quantitative estimate of drug-likeness (QED) is 0.708. The van der Waals surface area contributed by atoms with E-state index in [4.69, 9.17) is 4.74 Å². The van der Waals surface area contributed by atoms with E-state index < -0.39 is 15.8 Å². The molecule has 0 aliphatic rings. The van der Waals surface area contributed by atoms with Gasteiger partial charge in [-0.15, -0.1) is 0 Å². The van der Waals surface area contributed by atoms with Crippen LogP contribution in [0.5, 0.6) is 5.75 Å². The molecule has 27 heavy (non-hydrogen) atoms. The standard InChI is InChI=1S/C19H23FN2O4S/c1-26-16-7-5-6-15(14-16)10-12-21-19(23)11-13-22(27(2,24)25)18-9-4-3-8-17(18)20/h3-9,14H,10-13H2,1-2H3,(H,21,23). The molecule has 0 radical (unpaired) electrons. The first-order valence-electron chi connectivity index (χ1n) is 8.43. The molecule has 0 saturated carbocycles. The lowest BCUT2D eigenvalue weighted by Gasteiger charge is -2.22. The second-order valence-electron chi connectivity index (χ2n) is 5.99. The average molecular weight is 394 g/mol. The number of nitrogens with one attached hydrogen (secondary N) is 1. The number of anilines is 1. The van der Waals surface area contributed by atoms with Crippen molar-refractivity contribution in [3.05, 3.63) is 59.9 Å². The molecule has 146 valence electrons. The number of hydrogen-bond acceptors (Lipinski definition) is 4. The smallest absolute Gasteiger partial charge is 0.232 e. The summed E-state index contributed by atoms with van der Waals surface area (Å²) in [6, 6.07) is 13.1. The van der Waals surface area contributed by atoms with Crippen LogP contribution in [0.15, 0.2) is 48.5 Å². The fraction of sp³-hybridized carbons (Fsp3) is 0.316. The van der Waals surface area contributed by atoms with Gasteiger partial charge >= 0.3 is 0 Å². The van der Waals surface area contributed by atoms with E-state index in [1.165, 1.54) is 18.2 Å². The minimum atomic E-state index is -3.71. The second kappa shape index (κ2) is 9.36. The van der Waals surface area contributed by atoms with Crippen molar-refractivity contribution < 1.29 is 22.3 Å². The number of sulfonamides is 1. The Morgan fingerprint density at radius 2 is 1.93 bits per heavy atom. The summed E-state index contributed by atoms with van der Waals surface area (Å²) in [5, 5.41) is 2.75. The molecule has 2 aromatic carbocycles. The molecule has 1 N–H and O–H groups in total. The summed E-state index contributed by atoms with van der Waals surface area (Å²) in [6.07, 6.45) is 1.53. The van der Waals surface area contributed by atoms with E-state index >= 15 is 0 Å². The topological polar surface area (TPSA) is 75.7 Å². The van der Waals surface area contributed by atoms with Gasteiger partial charge in [-0.25, -0.2) is 12.8 Å². The number of hydrogen-bond donors (Lipinski definition) is 1. The van der Waals surface area contributed by atoms with E-state index in [0.29, 0.717) is 13.0 Å². The normalized spacial score (nSPS) is 11.1. The molecule has 8 heteroatoms. The van der Waals surface area contributed by atoms with Crippen molar-refractivity contribution in [3.63, 3.8) is 0 Å². The molecule has 0 unspecified atom stereocenters. The maximum atomic E-state index is 13.9. The minimum absolute atomic E-state index is 0.0656. The maximum Gasteiger partial charge on any atom is 0.232 e. The van der Waals surface area contributed by atoms with Gasteiger partial charge in [0.25, 0.3) is 0 Å². The van der Waals surface area contributed by atoms with Gasteiger partial charge in [-0.2, -0.15) is 0 Å². The zero-order valence-corrected chi connectivity index (χ0v) is 16.1. The highest BCUT2D eigenvalue weighted by Gasteiger charge is 2.21. The Hall–Kier alpha value is -2.61. The monoisotopic (exact) mass is 394 g/mol. The molecule has 0 aromatic heterocycles. The Bertz CT molecular complexity index is 887. The molecule has 1 amide bonds. The predicted octanol–water partition coefficient (Wildman–Crippen LogP) is 2.35. The van der Waals surface area contributed by atoms with Crippen LogP contribution in [0.3, 0.4) is 0 Å². The van der Waals surface area contributed by atoms with Gasteiger partial charge in [-0.1, -0.05) is 24.3 Å². The van der Waals surface area contributed by atoms with Gasteiger partial charge in [-0.3, -0.25) is 9.10 Å². The van der Waals surface area contributed by atoms with Crippen molar-refractivity contribution >= 4 is 21.6 Å². The van der Waals surface area contributed by atoms with E-state index in [0.717, 1.165) is 21.9 Å². The van der Waals surface area contributed by atoms with Crippen molar-refractivity contribution in [2.45, 2.75) is 12.8 Å². The Balaban J connectivity index is 1.89. The number of amides is 1. The number of benzene rings is 2. The highest BCUT2D eigenvalue weighted by atomic mass is 32.2. The van der Waals surface area contributed by atoms with Crippen LogP contribution in [0.4, 0.5) is 10.1 Å². The third-order valence-electron chi connectivity index (χ3n) is 3.93. The first kappa shape index (κ1) is 20.7. The molecule has 0 saturated heterocycles. The lowest BCUT2D eigenvalue weighted by molar-refractivity contribution is -0.120. The summed E-state index contributed by atoms with van der Waals surface area (Å²) in [5.41, 5.74) is 0.947. The van der Waals surface area contributed by atoms with Crippen molar-refractivity contribution in [3.8, 4) is 5.75 Å². The summed E-state index contributed by atoms with van der Waals surface area (Å²) >= 11 is 0. The summed E-state index contributed by atoms with van der Waals surface area (Å²) in [4.78, 5) is 12.1. The molecular formula is C19H23FN2O4S. The number of ether oxygens (including phenoxy) is 1. The molecule has 2 aromatic rings. The Morgan fingerprint density at radius 3 is 2.59 bits per heavy atom. The third kappa shape index (κ3) is 6.25. The Labute approximate surface area is 159 Å². The first-order valence-corrected chi connectivity index (χ1v) is 10.3. The first-order chi connectivity index (χ1) is 12.8. The molecule has 0 aliphatic carbocycles. The molecule has 0 aliphatic heterocycles. The van der Waals surface area contributed by atoms with Gasteiger partial charge in [0.2, 0.25) is 15.9 Å². The summed E-state index contributed by atoms with van der Waals surface area (Å²) in [6.45, 7) is 0.273. The number of methoxy groups -OCH3 is 1. The van der Waals surface area contributed by atoms with Crippen LogP contribution in [0, 0.1) is 5.82 Å². The van der Waals surface area contributed by atoms with Crippen molar-refractivity contribution in [1.29, 1.82) is 0 Å². The number of nitrogens with zero attached hydrogens (tertiary/aromatic N) is 1. The SMILES string of the molecule is COc1cccc(CCNC(=O)CCN(c2ccccc2F)S(C)(=O)=O)c1. The van der Waals surface area contributed by atoms with E-state index in [9.17, 15) is 17.6 Å². The third-order valence-corrected chi connectivity index (χ3v) is 5.11. The summed E-state index contributed by atoms with van der Waals surface area (Å²) < 4.78 is 43.9. The van der Waals surface area contributed by atoms with Crippen LogP contribution in [0.25, 0.3) is 0 Å². The number of carbonyl (C=O) groups is 1. The Kier molecular flexibility index (Phi) is 7.18. The molecule has 0 bridgehead atoms. The van der Waals surface area contributed by atoms with Crippen molar-refractivity contribution in [2.24, 2.45) is 0 Å². The van der Waals surface area contributed by atoms with Gasteiger partial charge in [0.15, 0.2) is 0 Å². The van der Waals surface area contributed by atoms with E-state index in [1.807, 2.05) is 24.3 Å². The van der Waals surface area contributed by atoms with Crippen LogP contribution < -0.4 is 14.4 Å². The molecule has 6 nitrogen and oxygen atoms in total. The van der Waals surface area contributed by atoms with Gasteiger partial charge in [0.1, 0.15) is 11.6 Å². The fourth-order valence-electron chi connectivity index (χ4n) is 2.58. The summed E-state index contributed by atoms with van der Waals surface area (Å²) in [5.74, 6) is -0.211. The highest BCUT2D eigenvalue weighted by Crippen LogP contribution is 2.21. The van der Waals surface area contributed by atoms with Crippen LogP contribution in [0.1, 0.15) is 12.0 Å². The second-order valence-corrected chi connectivity index (χ2v) is 7.89. The van der Waals surface area contributed by atoms with Gasteiger partial charge < -0.3 is 10.1 Å². The molecule has 0 atom stereocenters. The lowest BCUT2D eigenvalue weighted by Crippen LogP contribution is -2.35. The maximum absolute atomic E-state index is 13.9. The zero-order valence-electron chi connectivity index (χ0n) is 15.3. The number of halogens is 1. The fourth-order valence-corrected chi connectivity index (χ4v) is 3.51. The molecule has 2 rings (SSSR count). The Morgan fingerprint density at radius 1 is 1.19 bits per heavy atom. The average Bonchev–Trinajstić information content (AvgIpc) is 2.62. The number of para-hydroxylation sites is 1. The van der Waals surface area contributed by atoms with Crippen LogP contribution in [-0.4, -0.2) is 40.8 Å². The molecule has 0 heterocycles. The number of rotatable bonds is 9. The molecule has 0 fully saturated rings. The predicted molar refractivity (Wildman–Crippen MR) is 103 cm³/mol.